The van der Waals surface area contributed by atoms with Crippen molar-refractivity contribution in [2.75, 3.05) is 6.67 Å². The van der Waals surface area contributed by atoms with E-state index in [4.69, 9.17) is 5.73 Å². The van der Waals surface area contributed by atoms with Crippen molar-refractivity contribution in [2.45, 2.75) is 12.5 Å². The molecule has 0 aliphatic heterocycles. The van der Waals surface area contributed by atoms with Crippen molar-refractivity contribution in [1.82, 2.24) is 0 Å². The van der Waals surface area contributed by atoms with Crippen LogP contribution in [-0.4, -0.2) is 11.8 Å². The van der Waals surface area contributed by atoms with Crippen LogP contribution in [0, 0.1) is 0 Å². The van der Waals surface area contributed by atoms with E-state index in [1.54, 1.807) is 12.1 Å². The van der Waals surface area contributed by atoms with Gasteiger partial charge < -0.3 is 10.8 Å². The highest BCUT2D eigenvalue weighted by Gasteiger charge is 2.10. The number of hydrogen-bond donors (Lipinski definition) is 2. The van der Waals surface area contributed by atoms with Crippen LogP contribution >= 0.6 is 28.3 Å². The molecule has 80 valence electrons. The first-order valence-corrected chi connectivity index (χ1v) is 4.74. The quantitative estimate of drug-likeness (QED) is 0.896. The Morgan fingerprint density at radius 3 is 2.71 bits per heavy atom. The van der Waals surface area contributed by atoms with Gasteiger partial charge in [0, 0.05) is 16.1 Å². The molecule has 0 unspecified atom stereocenters. The molecule has 1 aromatic carbocycles. The lowest BCUT2D eigenvalue weighted by atomic mass is 10.0. The van der Waals surface area contributed by atoms with Crippen LogP contribution in [0.1, 0.15) is 18.0 Å². The van der Waals surface area contributed by atoms with E-state index < -0.39 is 12.7 Å². The van der Waals surface area contributed by atoms with Crippen LogP contribution in [0.2, 0.25) is 0 Å². The van der Waals surface area contributed by atoms with Gasteiger partial charge in [-0.25, -0.2) is 0 Å². The minimum absolute atomic E-state index is 0. The summed E-state index contributed by atoms with van der Waals surface area (Å²) in [6.07, 6.45) is 0.226. The summed E-state index contributed by atoms with van der Waals surface area (Å²) in [6, 6.07) is 4.51. The molecule has 0 bridgehead atoms. The Morgan fingerprint density at radius 1 is 1.50 bits per heavy atom. The van der Waals surface area contributed by atoms with E-state index >= 15 is 0 Å². The number of nitrogens with two attached hydrogens (primary N) is 1. The lowest BCUT2D eigenvalue weighted by Gasteiger charge is -2.11. The third-order valence-electron chi connectivity index (χ3n) is 1.81. The molecular formula is C9H12BrClFNO. The SMILES string of the molecule is Cl.N[C@@H](CCF)c1cc(Br)ccc1O. The Balaban J connectivity index is 0.00000169. The molecule has 0 saturated heterocycles. The van der Waals surface area contributed by atoms with E-state index in [0.29, 0.717) is 5.56 Å². The second-order valence-corrected chi connectivity index (χ2v) is 3.70. The van der Waals surface area contributed by atoms with Crippen molar-refractivity contribution in [1.29, 1.82) is 0 Å². The molecular weight excluding hydrogens is 272 g/mol. The van der Waals surface area contributed by atoms with Gasteiger partial charge >= 0.3 is 0 Å². The van der Waals surface area contributed by atoms with Crippen LogP contribution in [0.4, 0.5) is 4.39 Å². The zero-order valence-electron chi connectivity index (χ0n) is 7.41. The van der Waals surface area contributed by atoms with Gasteiger partial charge in [0.15, 0.2) is 0 Å². The monoisotopic (exact) mass is 283 g/mol. The first-order valence-electron chi connectivity index (χ1n) is 3.95. The average molecular weight is 285 g/mol. The van der Waals surface area contributed by atoms with Gasteiger partial charge in [0.05, 0.1) is 6.67 Å². The standard InChI is InChI=1S/C9H11BrFNO.ClH/c10-6-1-2-9(13)7(5-6)8(12)3-4-11;/h1-2,5,8,13H,3-4,12H2;1H/t8-;/m0./s1. The van der Waals surface area contributed by atoms with Crippen molar-refractivity contribution >= 4 is 28.3 Å². The van der Waals surface area contributed by atoms with Gasteiger partial charge in [-0.05, 0) is 24.6 Å². The molecule has 2 nitrogen and oxygen atoms in total. The van der Waals surface area contributed by atoms with Crippen molar-refractivity contribution in [3.8, 4) is 5.75 Å². The third kappa shape index (κ3) is 3.44. The number of alkyl halides is 1. The molecule has 1 aromatic rings. The van der Waals surface area contributed by atoms with Crippen LogP contribution in [0.15, 0.2) is 22.7 Å². The summed E-state index contributed by atoms with van der Waals surface area (Å²) in [5, 5.41) is 9.41. The van der Waals surface area contributed by atoms with Crippen molar-refractivity contribution in [3.63, 3.8) is 0 Å². The first-order chi connectivity index (χ1) is 6.15. The van der Waals surface area contributed by atoms with Gasteiger partial charge in [-0.3, -0.25) is 4.39 Å². The second kappa shape index (κ2) is 6.22. The molecule has 3 N–H and O–H groups in total. The summed E-state index contributed by atoms with van der Waals surface area (Å²) in [6.45, 7) is -0.479. The first kappa shape index (κ1) is 13.7. The zero-order valence-corrected chi connectivity index (χ0v) is 9.81. The van der Waals surface area contributed by atoms with Gasteiger partial charge in [-0.15, -0.1) is 12.4 Å². The van der Waals surface area contributed by atoms with E-state index in [9.17, 15) is 9.50 Å². The average Bonchev–Trinajstić information content (AvgIpc) is 2.09. The highest BCUT2D eigenvalue weighted by molar-refractivity contribution is 9.10. The maximum atomic E-state index is 12.0. The topological polar surface area (TPSA) is 46.2 Å². The van der Waals surface area contributed by atoms with Crippen LogP contribution < -0.4 is 5.73 Å². The Hall–Kier alpha value is -0.320. The predicted molar refractivity (Wildman–Crippen MR) is 60.6 cm³/mol. The lowest BCUT2D eigenvalue weighted by molar-refractivity contribution is 0.424. The highest BCUT2D eigenvalue weighted by Crippen LogP contribution is 2.27. The Labute approximate surface area is 96.8 Å². The van der Waals surface area contributed by atoms with Crippen molar-refractivity contribution in [3.05, 3.63) is 28.2 Å². The van der Waals surface area contributed by atoms with Crippen molar-refractivity contribution in [2.24, 2.45) is 5.73 Å². The molecule has 5 heteroatoms. The van der Waals surface area contributed by atoms with Crippen LogP contribution in [0.3, 0.4) is 0 Å². The molecule has 0 aliphatic rings. The molecule has 0 saturated carbocycles. The van der Waals surface area contributed by atoms with Crippen LogP contribution in [0.25, 0.3) is 0 Å². The number of benzene rings is 1. The molecule has 14 heavy (non-hydrogen) atoms. The largest absolute Gasteiger partial charge is 0.508 e. The summed E-state index contributed by atoms with van der Waals surface area (Å²) in [5.41, 5.74) is 6.23. The number of hydrogen-bond acceptors (Lipinski definition) is 2. The molecule has 0 aromatic heterocycles. The lowest BCUT2D eigenvalue weighted by Crippen LogP contribution is -2.11. The minimum Gasteiger partial charge on any atom is -0.508 e. The van der Waals surface area contributed by atoms with Gasteiger partial charge in [0.1, 0.15) is 5.75 Å². The summed E-state index contributed by atoms with van der Waals surface area (Å²) in [7, 11) is 0. The van der Waals surface area contributed by atoms with Gasteiger partial charge in [0.2, 0.25) is 0 Å². The summed E-state index contributed by atoms with van der Waals surface area (Å²) < 4.78 is 12.8. The van der Waals surface area contributed by atoms with Crippen LogP contribution in [-0.2, 0) is 0 Å². The van der Waals surface area contributed by atoms with Gasteiger partial charge in [0.25, 0.3) is 0 Å². The zero-order chi connectivity index (χ0) is 9.84. The fraction of sp³-hybridized carbons (Fsp3) is 0.333. The Bertz CT molecular complexity index is 298. The van der Waals surface area contributed by atoms with E-state index in [2.05, 4.69) is 15.9 Å². The predicted octanol–water partition coefficient (Wildman–Crippen LogP) is 2.94. The molecule has 0 heterocycles. The maximum Gasteiger partial charge on any atom is 0.120 e. The number of rotatable bonds is 3. The highest BCUT2D eigenvalue weighted by atomic mass is 79.9. The molecule has 0 radical (unpaired) electrons. The third-order valence-corrected chi connectivity index (χ3v) is 2.30. The Kier molecular flexibility index (Phi) is 6.08. The van der Waals surface area contributed by atoms with E-state index in [1.807, 2.05) is 0 Å². The van der Waals surface area contributed by atoms with E-state index in [0.717, 1.165) is 4.47 Å². The fourth-order valence-electron chi connectivity index (χ4n) is 1.10. The number of phenolic OH excluding ortho intramolecular Hbond substituents is 1. The molecule has 0 aliphatic carbocycles. The van der Waals surface area contributed by atoms with Crippen LogP contribution in [0.5, 0.6) is 5.75 Å². The number of halogens is 3. The summed E-state index contributed by atoms with van der Waals surface area (Å²) in [5.74, 6) is 0.115. The number of phenols is 1. The number of aromatic hydroxyl groups is 1. The molecule has 1 rings (SSSR count). The van der Waals surface area contributed by atoms with E-state index in [-0.39, 0.29) is 24.6 Å². The smallest absolute Gasteiger partial charge is 0.120 e. The molecule has 0 amide bonds. The molecule has 1 atom stereocenters. The Morgan fingerprint density at radius 2 is 2.14 bits per heavy atom. The molecule has 0 spiro atoms. The van der Waals surface area contributed by atoms with Gasteiger partial charge in [-0.1, -0.05) is 15.9 Å². The summed E-state index contributed by atoms with van der Waals surface area (Å²) in [4.78, 5) is 0. The minimum atomic E-state index is -0.479. The fourth-order valence-corrected chi connectivity index (χ4v) is 1.47. The van der Waals surface area contributed by atoms with Gasteiger partial charge in [-0.2, -0.15) is 0 Å². The summed E-state index contributed by atoms with van der Waals surface area (Å²) >= 11 is 3.26. The maximum absolute atomic E-state index is 12.0. The second-order valence-electron chi connectivity index (χ2n) is 2.79. The molecule has 0 fully saturated rings. The normalized spacial score (nSPS) is 11.9. The van der Waals surface area contributed by atoms with Crippen molar-refractivity contribution < 1.29 is 9.50 Å². The van der Waals surface area contributed by atoms with E-state index in [1.165, 1.54) is 6.07 Å².